The summed E-state index contributed by atoms with van der Waals surface area (Å²) in [5.41, 5.74) is 0.844. The summed E-state index contributed by atoms with van der Waals surface area (Å²) >= 11 is 3.54. The first kappa shape index (κ1) is 17.8. The molecule has 1 aromatic carbocycles. The smallest absolute Gasteiger partial charge is 0.230 e. The quantitative estimate of drug-likeness (QED) is 0.833. The molecule has 0 spiro atoms. The molecule has 1 heterocycles. The zero-order chi connectivity index (χ0) is 14.7. The minimum absolute atomic E-state index is 0. The Morgan fingerprint density at radius 1 is 1.27 bits per heavy atom. The van der Waals surface area contributed by atoms with Gasteiger partial charge in [-0.2, -0.15) is 0 Å². The van der Waals surface area contributed by atoms with Gasteiger partial charge < -0.3 is 10.6 Å². The van der Waals surface area contributed by atoms with Crippen LogP contribution in [0, 0.1) is 0 Å². The molecule has 1 aliphatic heterocycles. The highest BCUT2D eigenvalue weighted by Gasteiger charge is 2.43. The van der Waals surface area contributed by atoms with Gasteiger partial charge in [0.2, 0.25) is 5.91 Å². The second kappa shape index (κ2) is 7.80. The first-order chi connectivity index (χ1) is 10.2. The van der Waals surface area contributed by atoms with Gasteiger partial charge in [-0.1, -0.05) is 40.9 Å². The molecule has 122 valence electrons. The lowest BCUT2D eigenvalue weighted by molar-refractivity contribution is -0.127. The molecule has 1 saturated heterocycles. The molecular formula is C17H24BrClN2O. The second-order valence-electron chi connectivity index (χ2n) is 6.32. The third kappa shape index (κ3) is 3.66. The maximum atomic E-state index is 13.0. The van der Waals surface area contributed by atoms with Crippen LogP contribution in [0.3, 0.4) is 0 Å². The van der Waals surface area contributed by atoms with Crippen LogP contribution < -0.4 is 10.6 Å². The number of amides is 1. The van der Waals surface area contributed by atoms with Crippen LogP contribution in [0.15, 0.2) is 28.7 Å². The summed E-state index contributed by atoms with van der Waals surface area (Å²) in [7, 11) is 0. The van der Waals surface area contributed by atoms with Gasteiger partial charge in [0, 0.05) is 17.1 Å². The summed E-state index contributed by atoms with van der Waals surface area (Å²) in [6.45, 7) is 1.98. The van der Waals surface area contributed by atoms with Crippen molar-refractivity contribution in [2.75, 3.05) is 13.1 Å². The fourth-order valence-corrected chi connectivity index (χ4v) is 4.11. The van der Waals surface area contributed by atoms with E-state index in [4.69, 9.17) is 0 Å². The maximum absolute atomic E-state index is 13.0. The third-order valence-corrected chi connectivity index (χ3v) is 5.39. The largest absolute Gasteiger partial charge is 0.351 e. The van der Waals surface area contributed by atoms with Crippen molar-refractivity contribution < 1.29 is 4.79 Å². The molecule has 5 heteroatoms. The molecule has 0 unspecified atom stereocenters. The van der Waals surface area contributed by atoms with Crippen molar-refractivity contribution in [2.24, 2.45) is 0 Å². The van der Waals surface area contributed by atoms with Gasteiger partial charge >= 0.3 is 0 Å². The van der Waals surface area contributed by atoms with Crippen LogP contribution in [0.4, 0.5) is 0 Å². The average Bonchev–Trinajstić information content (AvgIpc) is 2.99. The zero-order valence-corrected chi connectivity index (χ0v) is 15.1. The molecule has 1 atom stereocenters. The molecule has 1 aromatic rings. The molecule has 0 radical (unpaired) electrons. The third-order valence-electron chi connectivity index (χ3n) is 4.90. The molecular weight excluding hydrogens is 364 g/mol. The van der Waals surface area contributed by atoms with E-state index >= 15 is 0 Å². The molecule has 2 fully saturated rings. The van der Waals surface area contributed by atoms with Gasteiger partial charge in [0.25, 0.3) is 0 Å². The van der Waals surface area contributed by atoms with E-state index in [9.17, 15) is 4.79 Å². The van der Waals surface area contributed by atoms with E-state index in [0.717, 1.165) is 61.7 Å². The van der Waals surface area contributed by atoms with E-state index in [1.165, 1.54) is 0 Å². The van der Waals surface area contributed by atoms with Crippen LogP contribution in [-0.2, 0) is 10.2 Å². The lowest BCUT2D eigenvalue weighted by Gasteiger charge is -2.32. The molecule has 2 N–H and O–H groups in total. The SMILES string of the molecule is Cl.O=C(N[C@H]1CCCNC1)C1(c2cccc(Br)c2)CCCC1. The van der Waals surface area contributed by atoms with Crippen molar-refractivity contribution in [3.05, 3.63) is 34.3 Å². The Morgan fingerprint density at radius 2 is 2.05 bits per heavy atom. The number of benzene rings is 1. The van der Waals surface area contributed by atoms with Crippen LogP contribution in [0.1, 0.15) is 44.1 Å². The Hall–Kier alpha value is -0.580. The fraction of sp³-hybridized carbons (Fsp3) is 0.588. The number of carbonyl (C=O) groups is 1. The summed E-state index contributed by atoms with van der Waals surface area (Å²) in [6.07, 6.45) is 6.46. The number of hydrogen-bond acceptors (Lipinski definition) is 2. The first-order valence-electron chi connectivity index (χ1n) is 7.98. The number of carbonyl (C=O) groups excluding carboxylic acids is 1. The predicted molar refractivity (Wildman–Crippen MR) is 95.6 cm³/mol. The molecule has 2 aliphatic rings. The molecule has 3 rings (SSSR count). The van der Waals surface area contributed by atoms with Gasteiger partial charge in [0.15, 0.2) is 0 Å². The topological polar surface area (TPSA) is 41.1 Å². The lowest BCUT2D eigenvalue weighted by Crippen LogP contribution is -2.51. The zero-order valence-electron chi connectivity index (χ0n) is 12.7. The van der Waals surface area contributed by atoms with Crippen molar-refractivity contribution in [1.29, 1.82) is 0 Å². The number of hydrogen-bond donors (Lipinski definition) is 2. The minimum atomic E-state index is -0.318. The van der Waals surface area contributed by atoms with Crippen molar-refractivity contribution in [2.45, 2.75) is 50.0 Å². The van der Waals surface area contributed by atoms with E-state index in [0.29, 0.717) is 0 Å². The Kier molecular flexibility index (Phi) is 6.30. The molecule has 1 aliphatic carbocycles. The van der Waals surface area contributed by atoms with Gasteiger partial charge in [-0.25, -0.2) is 0 Å². The van der Waals surface area contributed by atoms with Crippen LogP contribution in [0.25, 0.3) is 0 Å². The molecule has 22 heavy (non-hydrogen) atoms. The van der Waals surface area contributed by atoms with Crippen LogP contribution in [-0.4, -0.2) is 25.0 Å². The molecule has 0 aromatic heterocycles. The summed E-state index contributed by atoms with van der Waals surface area (Å²) in [5.74, 6) is 0.229. The van der Waals surface area contributed by atoms with Crippen LogP contribution >= 0.6 is 28.3 Å². The number of rotatable bonds is 3. The van der Waals surface area contributed by atoms with Crippen molar-refractivity contribution >= 4 is 34.2 Å². The number of piperidine rings is 1. The van der Waals surface area contributed by atoms with Crippen molar-refractivity contribution in [1.82, 2.24) is 10.6 Å². The van der Waals surface area contributed by atoms with E-state index in [2.05, 4.69) is 38.7 Å². The standard InChI is InChI=1S/C17H23BrN2O.ClH/c18-14-6-3-5-13(11-14)17(8-1-2-9-17)16(21)20-15-7-4-10-19-12-15;/h3,5-6,11,15,19H,1-2,4,7-10,12H2,(H,20,21);1H/t15-;/m0./s1. The Morgan fingerprint density at radius 3 is 2.68 bits per heavy atom. The Labute approximate surface area is 147 Å². The monoisotopic (exact) mass is 386 g/mol. The lowest BCUT2D eigenvalue weighted by atomic mass is 9.77. The van der Waals surface area contributed by atoms with Gasteiger partial charge in [0.05, 0.1) is 5.41 Å². The van der Waals surface area contributed by atoms with E-state index in [1.807, 2.05) is 12.1 Å². The number of halogens is 2. The highest BCUT2D eigenvalue weighted by atomic mass is 79.9. The highest BCUT2D eigenvalue weighted by Crippen LogP contribution is 2.42. The summed E-state index contributed by atoms with van der Waals surface area (Å²) in [6, 6.07) is 8.57. The molecule has 1 saturated carbocycles. The predicted octanol–water partition coefficient (Wildman–Crippen LogP) is 3.55. The van der Waals surface area contributed by atoms with Gasteiger partial charge in [-0.3, -0.25) is 4.79 Å². The summed E-state index contributed by atoms with van der Waals surface area (Å²) in [4.78, 5) is 13.0. The average molecular weight is 388 g/mol. The highest BCUT2D eigenvalue weighted by molar-refractivity contribution is 9.10. The first-order valence-corrected chi connectivity index (χ1v) is 8.78. The van der Waals surface area contributed by atoms with E-state index in [-0.39, 0.29) is 29.8 Å². The van der Waals surface area contributed by atoms with Crippen LogP contribution in [0.2, 0.25) is 0 Å². The second-order valence-corrected chi connectivity index (χ2v) is 7.23. The van der Waals surface area contributed by atoms with Gasteiger partial charge in [-0.15, -0.1) is 12.4 Å². The van der Waals surface area contributed by atoms with Crippen molar-refractivity contribution in [3.63, 3.8) is 0 Å². The minimum Gasteiger partial charge on any atom is -0.351 e. The summed E-state index contributed by atoms with van der Waals surface area (Å²) < 4.78 is 1.05. The number of nitrogens with one attached hydrogen (secondary N) is 2. The van der Waals surface area contributed by atoms with Crippen molar-refractivity contribution in [3.8, 4) is 0 Å². The van der Waals surface area contributed by atoms with Gasteiger partial charge in [0.1, 0.15) is 0 Å². The van der Waals surface area contributed by atoms with E-state index < -0.39 is 0 Å². The Bertz CT molecular complexity index is 511. The molecule has 0 bridgehead atoms. The fourth-order valence-electron chi connectivity index (χ4n) is 3.71. The van der Waals surface area contributed by atoms with E-state index in [1.54, 1.807) is 0 Å². The normalized spacial score (nSPS) is 23.6. The maximum Gasteiger partial charge on any atom is 0.230 e. The summed E-state index contributed by atoms with van der Waals surface area (Å²) in [5, 5.41) is 6.67. The Balaban J connectivity index is 0.00000176. The van der Waals surface area contributed by atoms with Gasteiger partial charge in [-0.05, 0) is 49.9 Å². The molecule has 3 nitrogen and oxygen atoms in total. The van der Waals surface area contributed by atoms with Crippen LogP contribution in [0.5, 0.6) is 0 Å². The molecule has 1 amide bonds.